The van der Waals surface area contributed by atoms with Gasteiger partial charge in [0.05, 0.1) is 11.6 Å². The van der Waals surface area contributed by atoms with Crippen LogP contribution in [0.2, 0.25) is 5.02 Å². The Morgan fingerprint density at radius 3 is 2.68 bits per heavy atom. The van der Waals surface area contributed by atoms with Gasteiger partial charge in [0.2, 0.25) is 0 Å². The van der Waals surface area contributed by atoms with E-state index in [1.165, 1.54) is 12.3 Å². The predicted octanol–water partition coefficient (Wildman–Crippen LogP) is 1.51. The number of benzene rings is 2. The van der Waals surface area contributed by atoms with Gasteiger partial charge in [0.1, 0.15) is 6.54 Å². The number of hydrazine groups is 1. The van der Waals surface area contributed by atoms with Gasteiger partial charge < -0.3 is 0 Å². The molecular formula is C17H13ClN4O3. The second kappa shape index (κ2) is 7.14. The normalized spacial score (nSPS) is 10.4. The highest BCUT2D eigenvalue weighted by molar-refractivity contribution is 6.30. The summed E-state index contributed by atoms with van der Waals surface area (Å²) in [7, 11) is 0. The van der Waals surface area contributed by atoms with E-state index in [1.807, 2.05) is 0 Å². The third kappa shape index (κ3) is 3.84. The number of aromatic nitrogens is 2. The number of amides is 2. The van der Waals surface area contributed by atoms with Crippen LogP contribution in [0.15, 0.2) is 59.5 Å². The maximum absolute atomic E-state index is 12.3. The molecule has 3 aromatic rings. The molecule has 0 fully saturated rings. The van der Waals surface area contributed by atoms with Gasteiger partial charge in [-0.1, -0.05) is 35.9 Å². The molecule has 3 rings (SSSR count). The Morgan fingerprint density at radius 2 is 1.88 bits per heavy atom. The Balaban J connectivity index is 1.66. The van der Waals surface area contributed by atoms with Crippen LogP contribution in [-0.4, -0.2) is 21.6 Å². The van der Waals surface area contributed by atoms with Gasteiger partial charge >= 0.3 is 0 Å². The highest BCUT2D eigenvalue weighted by atomic mass is 35.5. The van der Waals surface area contributed by atoms with Crippen molar-refractivity contribution in [3.8, 4) is 0 Å². The van der Waals surface area contributed by atoms with E-state index >= 15 is 0 Å². The summed E-state index contributed by atoms with van der Waals surface area (Å²) in [6, 6.07) is 13.2. The van der Waals surface area contributed by atoms with Gasteiger partial charge in [0.25, 0.3) is 17.4 Å². The molecule has 0 spiro atoms. The fourth-order valence-electron chi connectivity index (χ4n) is 2.24. The predicted molar refractivity (Wildman–Crippen MR) is 93.1 cm³/mol. The van der Waals surface area contributed by atoms with Crippen LogP contribution in [0.3, 0.4) is 0 Å². The monoisotopic (exact) mass is 356 g/mol. The third-order valence-electron chi connectivity index (χ3n) is 3.46. The SMILES string of the molecule is O=C(Cn1ncc2ccccc2c1=O)NNC(=O)c1cccc(Cl)c1. The van der Waals surface area contributed by atoms with Crippen molar-refractivity contribution >= 4 is 34.2 Å². The summed E-state index contributed by atoms with van der Waals surface area (Å²) >= 11 is 5.81. The number of nitrogens with zero attached hydrogens (tertiary/aromatic N) is 2. The van der Waals surface area contributed by atoms with E-state index in [-0.39, 0.29) is 12.1 Å². The molecule has 0 atom stereocenters. The van der Waals surface area contributed by atoms with Crippen LogP contribution in [0.4, 0.5) is 0 Å². The maximum atomic E-state index is 12.3. The molecule has 0 radical (unpaired) electrons. The van der Waals surface area contributed by atoms with E-state index in [0.717, 1.165) is 4.68 Å². The van der Waals surface area contributed by atoms with Crippen LogP contribution in [0.25, 0.3) is 10.8 Å². The first kappa shape index (κ1) is 16.7. The standard InChI is InChI=1S/C17H13ClN4O3/c18-13-6-3-5-11(8-13)16(24)21-20-15(23)10-22-17(25)14-7-2-1-4-12(14)9-19-22/h1-9H,10H2,(H,20,23)(H,21,24). The van der Waals surface area contributed by atoms with Gasteiger partial charge in [-0.3, -0.25) is 25.2 Å². The van der Waals surface area contributed by atoms with E-state index in [2.05, 4.69) is 16.0 Å². The summed E-state index contributed by atoms with van der Waals surface area (Å²) < 4.78 is 1.03. The van der Waals surface area contributed by atoms with E-state index in [4.69, 9.17) is 11.6 Å². The highest BCUT2D eigenvalue weighted by Gasteiger charge is 2.10. The Hall–Kier alpha value is -3.19. The largest absolute Gasteiger partial charge is 0.275 e. The lowest BCUT2D eigenvalue weighted by Gasteiger charge is -2.09. The first-order chi connectivity index (χ1) is 12.0. The van der Waals surface area contributed by atoms with Crippen LogP contribution >= 0.6 is 11.6 Å². The average molecular weight is 357 g/mol. The Labute approximate surface area is 147 Å². The molecule has 1 heterocycles. The van der Waals surface area contributed by atoms with Crippen LogP contribution in [-0.2, 0) is 11.3 Å². The van der Waals surface area contributed by atoms with Crippen molar-refractivity contribution in [2.24, 2.45) is 0 Å². The minimum atomic E-state index is -0.583. The summed E-state index contributed by atoms with van der Waals surface area (Å²) in [6.07, 6.45) is 1.51. The second-order valence-electron chi connectivity index (χ2n) is 5.21. The molecule has 25 heavy (non-hydrogen) atoms. The van der Waals surface area contributed by atoms with Crippen LogP contribution < -0.4 is 16.4 Å². The molecule has 0 unspecified atom stereocenters. The van der Waals surface area contributed by atoms with Crippen LogP contribution in [0, 0.1) is 0 Å². The fourth-order valence-corrected chi connectivity index (χ4v) is 2.43. The van der Waals surface area contributed by atoms with Crippen molar-refractivity contribution < 1.29 is 9.59 Å². The van der Waals surface area contributed by atoms with Gasteiger partial charge in [-0.05, 0) is 24.3 Å². The van der Waals surface area contributed by atoms with Gasteiger partial charge in [-0.15, -0.1) is 0 Å². The van der Waals surface area contributed by atoms with Gasteiger partial charge in [0, 0.05) is 16.0 Å². The Kier molecular flexibility index (Phi) is 4.76. The minimum absolute atomic E-state index is 0.300. The maximum Gasteiger partial charge on any atom is 0.275 e. The molecule has 8 heteroatoms. The smallest absolute Gasteiger partial charge is 0.271 e. The lowest BCUT2D eigenvalue weighted by molar-refractivity contribution is -0.122. The Bertz CT molecular complexity index is 1020. The number of fused-ring (bicyclic) bond motifs is 1. The minimum Gasteiger partial charge on any atom is -0.271 e. The molecule has 2 amide bonds. The number of nitrogens with one attached hydrogen (secondary N) is 2. The number of hydrogen-bond acceptors (Lipinski definition) is 4. The zero-order valence-electron chi connectivity index (χ0n) is 12.9. The van der Waals surface area contributed by atoms with Gasteiger partial charge in [0.15, 0.2) is 0 Å². The van der Waals surface area contributed by atoms with Crippen molar-refractivity contribution in [1.29, 1.82) is 0 Å². The van der Waals surface area contributed by atoms with Crippen molar-refractivity contribution in [2.75, 3.05) is 0 Å². The highest BCUT2D eigenvalue weighted by Crippen LogP contribution is 2.10. The number of carbonyl (C=O) groups is 2. The molecule has 0 aliphatic heterocycles. The van der Waals surface area contributed by atoms with E-state index in [9.17, 15) is 14.4 Å². The zero-order valence-corrected chi connectivity index (χ0v) is 13.7. The molecule has 1 aromatic heterocycles. The van der Waals surface area contributed by atoms with E-state index in [0.29, 0.717) is 21.4 Å². The summed E-state index contributed by atoms with van der Waals surface area (Å²) in [5, 5.41) is 5.52. The fraction of sp³-hybridized carbons (Fsp3) is 0.0588. The third-order valence-corrected chi connectivity index (χ3v) is 3.69. The number of carbonyl (C=O) groups excluding carboxylic acids is 2. The number of rotatable bonds is 3. The second-order valence-corrected chi connectivity index (χ2v) is 5.64. The van der Waals surface area contributed by atoms with Gasteiger partial charge in [-0.25, -0.2) is 4.68 Å². The van der Waals surface area contributed by atoms with E-state index in [1.54, 1.807) is 42.5 Å². The molecule has 2 aromatic carbocycles. The first-order valence-electron chi connectivity index (χ1n) is 7.34. The molecule has 0 aliphatic carbocycles. The molecule has 7 nitrogen and oxygen atoms in total. The quantitative estimate of drug-likeness (QED) is 0.696. The lowest BCUT2D eigenvalue weighted by atomic mass is 10.2. The first-order valence-corrected chi connectivity index (χ1v) is 7.72. The lowest BCUT2D eigenvalue weighted by Crippen LogP contribution is -2.44. The van der Waals surface area contributed by atoms with Crippen molar-refractivity contribution in [3.63, 3.8) is 0 Å². The van der Waals surface area contributed by atoms with Crippen molar-refractivity contribution in [1.82, 2.24) is 20.6 Å². The van der Waals surface area contributed by atoms with Crippen molar-refractivity contribution in [2.45, 2.75) is 6.54 Å². The Morgan fingerprint density at radius 1 is 1.08 bits per heavy atom. The topological polar surface area (TPSA) is 93.1 Å². The van der Waals surface area contributed by atoms with E-state index < -0.39 is 11.8 Å². The molecule has 2 N–H and O–H groups in total. The molecular weight excluding hydrogens is 344 g/mol. The summed E-state index contributed by atoms with van der Waals surface area (Å²) in [4.78, 5) is 36.2. The number of hydrogen-bond donors (Lipinski definition) is 2. The zero-order chi connectivity index (χ0) is 17.8. The molecule has 126 valence electrons. The summed E-state index contributed by atoms with van der Waals surface area (Å²) in [5.74, 6) is -1.10. The van der Waals surface area contributed by atoms with Gasteiger partial charge in [-0.2, -0.15) is 5.10 Å². The average Bonchev–Trinajstić information content (AvgIpc) is 2.62. The van der Waals surface area contributed by atoms with Crippen molar-refractivity contribution in [3.05, 3.63) is 75.7 Å². The molecule has 0 aliphatic rings. The molecule has 0 saturated heterocycles. The molecule has 0 saturated carbocycles. The summed E-state index contributed by atoms with van der Waals surface area (Å²) in [6.45, 7) is -0.320. The van der Waals surface area contributed by atoms with Crippen LogP contribution in [0.5, 0.6) is 0 Å². The molecule has 0 bridgehead atoms. The summed E-state index contributed by atoms with van der Waals surface area (Å²) in [5.41, 5.74) is 4.43. The number of halogens is 1. The van der Waals surface area contributed by atoms with Crippen LogP contribution in [0.1, 0.15) is 10.4 Å².